The molecule has 6 N–H and O–H groups in total. The SMILES string of the molecule is CCCCCCC/C=C\C/C=C\C/C=C\CCCCCCCCCCCCCCCCCCCCCCCCCCC(=O)NC(COC1OC(CO)C(O)C(O)C1O)C(O)CCCCCCCCCCCCCCCCCCCCCCC. The number of aliphatic hydroxyl groups is 5. The van der Waals surface area contributed by atoms with Gasteiger partial charge in [-0.2, -0.15) is 0 Å². The first-order chi connectivity index (χ1) is 40.8. The Hall–Kier alpha value is -1.59. The van der Waals surface area contributed by atoms with E-state index in [-0.39, 0.29) is 12.5 Å². The molecule has 9 nitrogen and oxygen atoms in total. The zero-order valence-electron chi connectivity index (χ0n) is 55.0. The van der Waals surface area contributed by atoms with Crippen molar-refractivity contribution in [3.63, 3.8) is 0 Å². The van der Waals surface area contributed by atoms with E-state index in [0.717, 1.165) is 51.4 Å². The zero-order valence-corrected chi connectivity index (χ0v) is 55.0. The fraction of sp³-hybridized carbons (Fsp3) is 0.905. The Balaban J connectivity index is 2.04. The molecule has 1 saturated heterocycles. The Labute approximate surface area is 514 Å². The van der Waals surface area contributed by atoms with Crippen LogP contribution in [0.3, 0.4) is 0 Å². The number of unbranched alkanes of at least 4 members (excludes halogenated alkanes) is 49. The van der Waals surface area contributed by atoms with Crippen LogP contribution in [0.25, 0.3) is 0 Å². The number of amides is 1. The fourth-order valence-electron chi connectivity index (χ4n) is 12.0. The van der Waals surface area contributed by atoms with Gasteiger partial charge in [0.2, 0.25) is 5.91 Å². The molecule has 0 aromatic heterocycles. The highest BCUT2D eigenvalue weighted by Gasteiger charge is 2.44. The molecule has 0 aliphatic carbocycles. The number of ether oxygens (including phenoxy) is 2. The van der Waals surface area contributed by atoms with E-state index in [2.05, 4.69) is 55.6 Å². The molecule has 7 unspecified atom stereocenters. The first kappa shape index (κ1) is 79.4. The summed E-state index contributed by atoms with van der Waals surface area (Å²) in [6.07, 6.45) is 78.0. The molecular weight excluding hydrogens is 1030 g/mol. The molecule has 0 spiro atoms. The summed E-state index contributed by atoms with van der Waals surface area (Å²) in [7, 11) is 0. The van der Waals surface area contributed by atoms with Crippen LogP contribution in [0.5, 0.6) is 0 Å². The number of hydrogen-bond acceptors (Lipinski definition) is 8. The minimum absolute atomic E-state index is 0.133. The Bertz CT molecular complexity index is 1410. The van der Waals surface area contributed by atoms with E-state index >= 15 is 0 Å². The van der Waals surface area contributed by atoms with Crippen LogP contribution in [0.15, 0.2) is 36.5 Å². The van der Waals surface area contributed by atoms with Crippen LogP contribution in [0.2, 0.25) is 0 Å². The van der Waals surface area contributed by atoms with Crippen molar-refractivity contribution < 1.29 is 39.8 Å². The summed E-state index contributed by atoms with van der Waals surface area (Å²) in [5.74, 6) is -0.136. The van der Waals surface area contributed by atoms with Gasteiger partial charge in [-0.3, -0.25) is 4.79 Å². The Morgan fingerprint density at radius 3 is 1.05 bits per heavy atom. The van der Waals surface area contributed by atoms with Gasteiger partial charge >= 0.3 is 0 Å². The second-order valence-corrected chi connectivity index (χ2v) is 25.7. The van der Waals surface area contributed by atoms with Gasteiger partial charge in [-0.25, -0.2) is 0 Å². The van der Waals surface area contributed by atoms with Gasteiger partial charge in [0.05, 0.1) is 25.4 Å². The molecule has 1 heterocycles. The average molecular weight is 1170 g/mol. The molecule has 7 atom stereocenters. The van der Waals surface area contributed by atoms with Gasteiger partial charge < -0.3 is 40.3 Å². The van der Waals surface area contributed by atoms with E-state index in [1.807, 2.05) is 0 Å². The summed E-state index contributed by atoms with van der Waals surface area (Å²) in [6.45, 7) is 3.88. The van der Waals surface area contributed by atoms with Crippen molar-refractivity contribution in [2.24, 2.45) is 0 Å². The molecule has 0 radical (unpaired) electrons. The second kappa shape index (κ2) is 63.4. The van der Waals surface area contributed by atoms with Crippen molar-refractivity contribution in [1.29, 1.82) is 0 Å². The third-order valence-electron chi connectivity index (χ3n) is 17.7. The third-order valence-corrected chi connectivity index (χ3v) is 17.7. The van der Waals surface area contributed by atoms with Gasteiger partial charge in [-0.1, -0.05) is 352 Å². The van der Waals surface area contributed by atoms with Crippen LogP contribution in [-0.4, -0.2) is 87.5 Å². The third kappa shape index (κ3) is 52.1. The van der Waals surface area contributed by atoms with Crippen molar-refractivity contribution in [3.8, 4) is 0 Å². The number of allylic oxidation sites excluding steroid dienone is 6. The van der Waals surface area contributed by atoms with Crippen molar-refractivity contribution in [2.75, 3.05) is 13.2 Å². The lowest BCUT2D eigenvalue weighted by molar-refractivity contribution is -0.302. The van der Waals surface area contributed by atoms with Crippen molar-refractivity contribution in [1.82, 2.24) is 5.32 Å². The van der Waals surface area contributed by atoms with Gasteiger partial charge in [0, 0.05) is 6.42 Å². The number of nitrogens with one attached hydrogen (secondary N) is 1. The largest absolute Gasteiger partial charge is 0.394 e. The van der Waals surface area contributed by atoms with E-state index in [4.69, 9.17) is 9.47 Å². The number of hydrogen-bond donors (Lipinski definition) is 6. The van der Waals surface area contributed by atoms with Crippen LogP contribution in [0, 0.1) is 0 Å². The summed E-state index contributed by atoms with van der Waals surface area (Å²) in [4.78, 5) is 13.2. The van der Waals surface area contributed by atoms with Crippen molar-refractivity contribution in [2.45, 2.75) is 416 Å². The van der Waals surface area contributed by atoms with Crippen molar-refractivity contribution >= 4 is 5.91 Å². The molecule has 0 saturated carbocycles. The summed E-state index contributed by atoms with van der Waals surface area (Å²) in [5.41, 5.74) is 0. The maximum absolute atomic E-state index is 13.2. The first-order valence-electron chi connectivity index (χ1n) is 36.7. The normalized spacial score (nSPS) is 18.4. The van der Waals surface area contributed by atoms with Crippen LogP contribution in [-0.2, 0) is 14.3 Å². The molecule has 0 bridgehead atoms. The highest BCUT2D eigenvalue weighted by atomic mass is 16.7. The van der Waals surface area contributed by atoms with E-state index in [1.165, 1.54) is 295 Å². The molecule has 1 aliphatic rings. The molecule has 1 rings (SSSR count). The summed E-state index contributed by atoms with van der Waals surface area (Å²) in [5, 5.41) is 54.9. The standard InChI is InChI=1S/C74H141NO8/c1-3-5-7-9-11-13-15-17-19-21-23-25-26-27-28-29-30-31-32-33-34-35-36-37-38-39-40-41-42-44-46-48-50-52-54-56-58-60-62-64-70(78)75-67(66-82-74-73(81)72(80)71(79)69(65-76)83-74)68(77)63-61-59-57-55-53-51-49-47-45-43-24-22-20-18-16-14-12-10-8-6-4-2/h15,17,21,23,26-27,67-69,71-74,76-77,79-81H,3-14,16,18-20,22,24-25,28-66H2,1-2H3,(H,75,78)/b17-15-,23-21-,27-26-. The van der Waals surface area contributed by atoms with Crippen molar-refractivity contribution in [3.05, 3.63) is 36.5 Å². The zero-order chi connectivity index (χ0) is 60.0. The smallest absolute Gasteiger partial charge is 0.220 e. The maximum atomic E-state index is 13.2. The summed E-state index contributed by atoms with van der Waals surface area (Å²) >= 11 is 0. The van der Waals surface area contributed by atoms with Gasteiger partial charge in [-0.15, -0.1) is 0 Å². The van der Waals surface area contributed by atoms with Gasteiger partial charge in [0.1, 0.15) is 24.4 Å². The number of carbonyl (C=O) groups is 1. The molecule has 1 fully saturated rings. The second-order valence-electron chi connectivity index (χ2n) is 25.7. The molecule has 83 heavy (non-hydrogen) atoms. The Morgan fingerprint density at radius 2 is 0.711 bits per heavy atom. The number of carbonyl (C=O) groups excluding carboxylic acids is 1. The van der Waals surface area contributed by atoms with Crippen LogP contribution in [0.4, 0.5) is 0 Å². The average Bonchev–Trinajstić information content (AvgIpc) is 3.60. The number of aliphatic hydroxyl groups excluding tert-OH is 5. The topological polar surface area (TPSA) is 149 Å². The monoisotopic (exact) mass is 1170 g/mol. The minimum atomic E-state index is -1.55. The Kier molecular flexibility index (Phi) is 60.7. The lowest BCUT2D eigenvalue weighted by Crippen LogP contribution is -2.60. The van der Waals surface area contributed by atoms with E-state index in [0.29, 0.717) is 12.8 Å². The summed E-state index contributed by atoms with van der Waals surface area (Å²) < 4.78 is 11.4. The van der Waals surface area contributed by atoms with E-state index in [9.17, 15) is 30.3 Å². The van der Waals surface area contributed by atoms with Gasteiger partial charge in [-0.05, 0) is 51.4 Å². The van der Waals surface area contributed by atoms with Crippen LogP contribution < -0.4 is 5.32 Å². The van der Waals surface area contributed by atoms with Crippen LogP contribution in [0.1, 0.15) is 373 Å². The maximum Gasteiger partial charge on any atom is 0.220 e. The Morgan fingerprint density at radius 1 is 0.410 bits per heavy atom. The minimum Gasteiger partial charge on any atom is -0.394 e. The molecule has 0 aromatic rings. The lowest BCUT2D eigenvalue weighted by Gasteiger charge is -2.40. The fourth-order valence-corrected chi connectivity index (χ4v) is 12.0. The number of rotatable bonds is 65. The highest BCUT2D eigenvalue weighted by Crippen LogP contribution is 2.24. The predicted octanol–water partition coefficient (Wildman–Crippen LogP) is 20.2. The summed E-state index contributed by atoms with van der Waals surface area (Å²) in [6, 6.07) is -0.718. The molecule has 9 heteroatoms. The first-order valence-corrected chi connectivity index (χ1v) is 36.7. The molecular formula is C74H141NO8. The molecule has 490 valence electrons. The molecule has 1 amide bonds. The quantitative estimate of drug-likeness (QED) is 0.0261. The molecule has 1 aliphatic heterocycles. The highest BCUT2D eigenvalue weighted by molar-refractivity contribution is 5.76. The van der Waals surface area contributed by atoms with Gasteiger partial charge in [0.15, 0.2) is 6.29 Å². The van der Waals surface area contributed by atoms with E-state index in [1.54, 1.807) is 0 Å². The van der Waals surface area contributed by atoms with E-state index < -0.39 is 49.5 Å². The van der Waals surface area contributed by atoms with Gasteiger partial charge in [0.25, 0.3) is 0 Å². The lowest BCUT2D eigenvalue weighted by atomic mass is 9.99. The molecule has 0 aromatic carbocycles. The predicted molar refractivity (Wildman–Crippen MR) is 355 cm³/mol. The van der Waals surface area contributed by atoms with Crippen LogP contribution >= 0.6 is 0 Å².